The summed E-state index contributed by atoms with van der Waals surface area (Å²) in [6.45, 7) is 2.91. The average molecular weight is 310 g/mol. The number of carbonyl (C=O) groups is 2. The Morgan fingerprint density at radius 1 is 0.870 bits per heavy atom. The smallest absolute Gasteiger partial charge is 0.309 e. The van der Waals surface area contributed by atoms with E-state index in [1.165, 1.54) is 0 Å². The number of hydrogen-bond donors (Lipinski definition) is 2. The monoisotopic (exact) mass is 310 g/mol. The molecular formula is C19H22N2O2. The first-order chi connectivity index (χ1) is 11.2. The molecule has 2 rings (SSSR count). The summed E-state index contributed by atoms with van der Waals surface area (Å²) in [5, 5.41) is 5.32. The summed E-state index contributed by atoms with van der Waals surface area (Å²) in [6.07, 6.45) is 0.709. The van der Waals surface area contributed by atoms with Gasteiger partial charge in [-0.3, -0.25) is 9.59 Å². The van der Waals surface area contributed by atoms with Crippen LogP contribution in [-0.2, 0) is 16.0 Å². The number of benzene rings is 2. The molecule has 120 valence electrons. The predicted molar refractivity (Wildman–Crippen MR) is 91.0 cm³/mol. The van der Waals surface area contributed by atoms with Crippen molar-refractivity contribution in [1.29, 1.82) is 0 Å². The molecular weight excluding hydrogens is 288 g/mol. The molecule has 0 unspecified atom stereocenters. The number of nitrogens with one attached hydrogen (secondary N) is 2. The van der Waals surface area contributed by atoms with E-state index in [0.717, 1.165) is 11.1 Å². The highest BCUT2D eigenvalue weighted by Crippen LogP contribution is 2.12. The minimum atomic E-state index is -0.583. The van der Waals surface area contributed by atoms with E-state index in [2.05, 4.69) is 10.6 Å². The van der Waals surface area contributed by atoms with Gasteiger partial charge >= 0.3 is 11.8 Å². The molecule has 2 aromatic carbocycles. The van der Waals surface area contributed by atoms with E-state index in [1.54, 1.807) is 0 Å². The molecule has 2 N–H and O–H groups in total. The Kier molecular flexibility index (Phi) is 6.36. The fourth-order valence-electron chi connectivity index (χ4n) is 2.27. The standard InChI is InChI=1S/C19H22N2O2/c1-15(17-10-6-3-7-11-17)14-21-19(23)18(22)20-13-12-16-8-4-2-5-9-16/h2-11,15H,12-14H2,1H3,(H,20,22)(H,21,23)/t15-/m0/s1. The van der Waals surface area contributed by atoms with Crippen LogP contribution < -0.4 is 10.6 Å². The van der Waals surface area contributed by atoms with E-state index in [0.29, 0.717) is 19.5 Å². The molecule has 4 heteroatoms. The van der Waals surface area contributed by atoms with Crippen molar-refractivity contribution in [3.63, 3.8) is 0 Å². The molecule has 0 aliphatic heterocycles. The van der Waals surface area contributed by atoms with Crippen molar-refractivity contribution in [2.45, 2.75) is 19.3 Å². The van der Waals surface area contributed by atoms with Crippen molar-refractivity contribution in [3.8, 4) is 0 Å². The molecule has 2 aromatic rings. The van der Waals surface area contributed by atoms with E-state index >= 15 is 0 Å². The minimum absolute atomic E-state index is 0.164. The highest BCUT2D eigenvalue weighted by Gasteiger charge is 2.14. The maximum absolute atomic E-state index is 11.8. The molecule has 2 amide bonds. The van der Waals surface area contributed by atoms with Gasteiger partial charge in [0.05, 0.1) is 0 Å². The van der Waals surface area contributed by atoms with Crippen molar-refractivity contribution >= 4 is 11.8 Å². The quantitative estimate of drug-likeness (QED) is 0.804. The topological polar surface area (TPSA) is 58.2 Å². The van der Waals surface area contributed by atoms with Gasteiger partial charge in [-0.1, -0.05) is 67.6 Å². The van der Waals surface area contributed by atoms with Crippen LogP contribution in [0.1, 0.15) is 24.0 Å². The minimum Gasteiger partial charge on any atom is -0.348 e. The van der Waals surface area contributed by atoms with Gasteiger partial charge in [0.2, 0.25) is 0 Å². The van der Waals surface area contributed by atoms with E-state index in [1.807, 2.05) is 67.6 Å². The molecule has 0 heterocycles. The molecule has 0 aliphatic rings. The Labute approximate surface area is 136 Å². The van der Waals surface area contributed by atoms with Crippen LogP contribution in [0.3, 0.4) is 0 Å². The Bertz CT molecular complexity index is 626. The van der Waals surface area contributed by atoms with Gasteiger partial charge in [0.15, 0.2) is 0 Å². The predicted octanol–water partition coefficient (Wildman–Crippen LogP) is 2.27. The van der Waals surface area contributed by atoms with Crippen LogP contribution in [0.2, 0.25) is 0 Å². The van der Waals surface area contributed by atoms with Crippen LogP contribution in [0, 0.1) is 0 Å². The Hall–Kier alpha value is -2.62. The van der Waals surface area contributed by atoms with E-state index in [9.17, 15) is 9.59 Å². The van der Waals surface area contributed by atoms with Crippen LogP contribution in [0.5, 0.6) is 0 Å². The third-order valence-electron chi connectivity index (χ3n) is 3.69. The zero-order valence-electron chi connectivity index (χ0n) is 13.3. The van der Waals surface area contributed by atoms with Gasteiger partial charge in [-0.25, -0.2) is 0 Å². The largest absolute Gasteiger partial charge is 0.348 e. The first kappa shape index (κ1) is 16.7. The van der Waals surface area contributed by atoms with Crippen molar-refractivity contribution in [2.24, 2.45) is 0 Å². The average Bonchev–Trinajstić information content (AvgIpc) is 2.61. The Morgan fingerprint density at radius 3 is 2.09 bits per heavy atom. The maximum atomic E-state index is 11.8. The molecule has 0 fully saturated rings. The summed E-state index contributed by atoms with van der Waals surface area (Å²) in [6, 6.07) is 19.7. The van der Waals surface area contributed by atoms with Crippen molar-refractivity contribution in [3.05, 3.63) is 71.8 Å². The highest BCUT2D eigenvalue weighted by molar-refractivity contribution is 6.35. The summed E-state index contributed by atoms with van der Waals surface area (Å²) in [5.41, 5.74) is 2.27. The molecule has 0 saturated carbocycles. The lowest BCUT2D eigenvalue weighted by molar-refractivity contribution is -0.139. The van der Waals surface area contributed by atoms with Gasteiger partial charge in [-0.05, 0) is 23.5 Å². The van der Waals surface area contributed by atoms with Gasteiger partial charge in [0.1, 0.15) is 0 Å². The second-order valence-corrected chi connectivity index (χ2v) is 5.51. The summed E-state index contributed by atoms with van der Waals surface area (Å²) in [7, 11) is 0. The van der Waals surface area contributed by atoms with Crippen molar-refractivity contribution in [1.82, 2.24) is 10.6 Å². The Morgan fingerprint density at radius 2 is 1.43 bits per heavy atom. The lowest BCUT2D eigenvalue weighted by atomic mass is 10.0. The zero-order chi connectivity index (χ0) is 16.5. The molecule has 23 heavy (non-hydrogen) atoms. The van der Waals surface area contributed by atoms with Crippen LogP contribution >= 0.6 is 0 Å². The third kappa shape index (κ3) is 5.58. The second kappa shape index (κ2) is 8.73. The van der Waals surface area contributed by atoms with Gasteiger partial charge < -0.3 is 10.6 Å². The lowest BCUT2D eigenvalue weighted by Crippen LogP contribution is -2.41. The molecule has 0 saturated heterocycles. The van der Waals surface area contributed by atoms with Crippen LogP contribution in [0.4, 0.5) is 0 Å². The maximum Gasteiger partial charge on any atom is 0.309 e. The van der Waals surface area contributed by atoms with Gasteiger partial charge in [-0.15, -0.1) is 0 Å². The molecule has 1 atom stereocenters. The molecule has 4 nitrogen and oxygen atoms in total. The van der Waals surface area contributed by atoms with Gasteiger partial charge in [-0.2, -0.15) is 0 Å². The third-order valence-corrected chi connectivity index (χ3v) is 3.69. The SMILES string of the molecule is C[C@@H](CNC(=O)C(=O)NCCc1ccccc1)c1ccccc1. The van der Waals surface area contributed by atoms with Gasteiger partial charge in [0.25, 0.3) is 0 Å². The first-order valence-corrected chi connectivity index (χ1v) is 7.81. The molecule has 0 radical (unpaired) electrons. The van der Waals surface area contributed by atoms with Crippen molar-refractivity contribution in [2.75, 3.05) is 13.1 Å². The highest BCUT2D eigenvalue weighted by atomic mass is 16.2. The molecule has 0 bridgehead atoms. The Balaban J connectivity index is 1.69. The van der Waals surface area contributed by atoms with Crippen molar-refractivity contribution < 1.29 is 9.59 Å². The molecule has 0 spiro atoms. The van der Waals surface area contributed by atoms with E-state index < -0.39 is 11.8 Å². The second-order valence-electron chi connectivity index (χ2n) is 5.51. The number of carbonyl (C=O) groups excluding carboxylic acids is 2. The number of hydrogen-bond acceptors (Lipinski definition) is 2. The van der Waals surface area contributed by atoms with E-state index in [4.69, 9.17) is 0 Å². The molecule has 0 aliphatic carbocycles. The summed E-state index contributed by atoms with van der Waals surface area (Å²) >= 11 is 0. The van der Waals surface area contributed by atoms with Crippen LogP contribution in [0.15, 0.2) is 60.7 Å². The van der Waals surface area contributed by atoms with Crippen LogP contribution in [-0.4, -0.2) is 24.9 Å². The fourth-order valence-corrected chi connectivity index (χ4v) is 2.27. The number of amides is 2. The van der Waals surface area contributed by atoms with Crippen LogP contribution in [0.25, 0.3) is 0 Å². The van der Waals surface area contributed by atoms with E-state index in [-0.39, 0.29) is 5.92 Å². The summed E-state index contributed by atoms with van der Waals surface area (Å²) in [5.74, 6) is -1.00. The normalized spacial score (nSPS) is 11.5. The molecule has 0 aromatic heterocycles. The fraction of sp³-hybridized carbons (Fsp3) is 0.263. The number of rotatable bonds is 6. The zero-order valence-corrected chi connectivity index (χ0v) is 13.3. The first-order valence-electron chi connectivity index (χ1n) is 7.81. The summed E-state index contributed by atoms with van der Waals surface area (Å²) < 4.78 is 0. The summed E-state index contributed by atoms with van der Waals surface area (Å²) in [4.78, 5) is 23.6. The van der Waals surface area contributed by atoms with Gasteiger partial charge in [0, 0.05) is 13.1 Å². The lowest BCUT2D eigenvalue weighted by Gasteiger charge is -2.13.